The molecule has 0 aliphatic carbocycles. The fourth-order valence-corrected chi connectivity index (χ4v) is 9.45. The molecule has 8 unspecified atom stereocenters. The third kappa shape index (κ3) is 12.1. The minimum atomic E-state index is -2.19. The quantitative estimate of drug-likeness (QED) is 0.176. The van der Waals surface area contributed by atoms with Crippen LogP contribution in [0.4, 0.5) is 0 Å². The van der Waals surface area contributed by atoms with Crippen LogP contribution < -0.4 is 5.32 Å². The summed E-state index contributed by atoms with van der Waals surface area (Å²) in [6, 6.07) is 8.76. The van der Waals surface area contributed by atoms with Gasteiger partial charge in [0.25, 0.3) is 0 Å². The molecular formula is C45H74N2O14. The van der Waals surface area contributed by atoms with Crippen molar-refractivity contribution in [3.8, 4) is 0 Å². The largest absolute Gasteiger partial charge is 0.459 e. The van der Waals surface area contributed by atoms with E-state index in [-0.39, 0.29) is 50.3 Å². The van der Waals surface area contributed by atoms with E-state index in [9.17, 15) is 39.9 Å². The van der Waals surface area contributed by atoms with Crippen molar-refractivity contribution in [2.24, 2.45) is 23.7 Å². The van der Waals surface area contributed by atoms with Crippen molar-refractivity contribution in [3.63, 3.8) is 0 Å². The van der Waals surface area contributed by atoms with Crippen molar-refractivity contribution in [1.29, 1.82) is 0 Å². The second kappa shape index (κ2) is 20.9. The second-order valence-corrected chi connectivity index (χ2v) is 18.9. The van der Waals surface area contributed by atoms with Gasteiger partial charge < -0.3 is 64.2 Å². The third-order valence-electron chi connectivity index (χ3n) is 13.4. The number of esters is 1. The molecule has 16 heteroatoms. The van der Waals surface area contributed by atoms with E-state index in [4.69, 9.17) is 28.4 Å². The zero-order chi connectivity index (χ0) is 45.8. The summed E-state index contributed by atoms with van der Waals surface area (Å²) in [5.74, 6) is -5.83. The molecule has 0 spiro atoms. The molecule has 1 aromatic rings. The number of aliphatic hydroxyl groups is 5. The van der Waals surface area contributed by atoms with Crippen molar-refractivity contribution in [2.75, 3.05) is 27.7 Å². The van der Waals surface area contributed by atoms with Crippen LogP contribution in [-0.2, 0) is 49.2 Å². The maximum atomic E-state index is 14.6. The summed E-state index contributed by atoms with van der Waals surface area (Å²) in [7, 11) is 5.14. The van der Waals surface area contributed by atoms with Gasteiger partial charge in [-0.3, -0.25) is 14.4 Å². The van der Waals surface area contributed by atoms with Crippen LogP contribution in [0.5, 0.6) is 0 Å². The van der Waals surface area contributed by atoms with E-state index in [0.29, 0.717) is 6.42 Å². The summed E-state index contributed by atoms with van der Waals surface area (Å²) in [4.78, 5) is 43.5. The number of aliphatic hydroxyl groups excluding tert-OH is 3. The number of nitrogens with zero attached hydrogens (tertiary/aromatic N) is 1. The van der Waals surface area contributed by atoms with Crippen LogP contribution in [0, 0.1) is 23.7 Å². The molecule has 18 atom stereocenters. The Hall–Kier alpha value is -2.61. The molecule has 6 N–H and O–H groups in total. The number of carbonyl (C=O) groups is 3. The highest BCUT2D eigenvalue weighted by Crippen LogP contribution is 2.41. The Morgan fingerprint density at radius 1 is 0.902 bits per heavy atom. The Morgan fingerprint density at radius 2 is 1.54 bits per heavy atom. The summed E-state index contributed by atoms with van der Waals surface area (Å²) >= 11 is 0. The fraction of sp³-hybridized carbons (Fsp3) is 0.800. The topological polar surface area (TPSA) is 223 Å². The molecule has 3 aliphatic rings. The van der Waals surface area contributed by atoms with E-state index in [2.05, 4.69) is 5.32 Å². The van der Waals surface area contributed by atoms with Gasteiger partial charge >= 0.3 is 5.97 Å². The molecule has 0 saturated carbocycles. The highest BCUT2D eigenvalue weighted by molar-refractivity contribution is 5.83. The molecule has 16 nitrogen and oxygen atoms in total. The standard InChI is InChI=1S/C45H74N2O14/c1-24-22-43(7,54)40(61-42-36(50)31(47(10)11)20-25(2)57-42)27(4)37(60-34-23-44(8,56-12)39(52)29(6)58-34)28(5)41(53)59-32(45(9,55)38(51)26(3)35(24)49)18-19-46-33(48)21-30-16-14-13-15-17-30/h13-17,24-29,31-32,34,36-40,42,50-52,54-55H,18-23H2,1-12H3,(H,46,48)/t24-,25?,26+,27+,28-,29?,31?,32-,34?,36?,37+,38-,39?,40-,42?,43-,44?,45-/m1/s1. The molecule has 1 amide bonds. The van der Waals surface area contributed by atoms with Crippen molar-refractivity contribution in [3.05, 3.63) is 35.9 Å². The van der Waals surface area contributed by atoms with Crippen LogP contribution in [0.2, 0.25) is 0 Å². The highest BCUT2D eigenvalue weighted by Gasteiger charge is 2.53. The van der Waals surface area contributed by atoms with Crippen LogP contribution in [0.25, 0.3) is 0 Å². The predicted molar refractivity (Wildman–Crippen MR) is 224 cm³/mol. The summed E-state index contributed by atoms with van der Waals surface area (Å²) in [5, 5.41) is 61.7. The number of Topliss-reactive ketones (excluding diaryl/α,β-unsaturated/α-hetero) is 1. The van der Waals surface area contributed by atoms with E-state index in [0.717, 1.165) is 5.56 Å². The summed E-state index contributed by atoms with van der Waals surface area (Å²) in [5.41, 5.74) is -4.36. The number of cyclic esters (lactones) is 1. The first-order valence-corrected chi connectivity index (χ1v) is 21.7. The van der Waals surface area contributed by atoms with Gasteiger partial charge in [-0.25, -0.2) is 0 Å². The number of nitrogens with one attached hydrogen (secondary N) is 1. The number of rotatable bonds is 11. The van der Waals surface area contributed by atoms with Crippen LogP contribution in [-0.4, -0.2) is 160 Å². The molecule has 3 fully saturated rings. The van der Waals surface area contributed by atoms with Gasteiger partial charge in [0.05, 0.1) is 54.1 Å². The molecule has 0 radical (unpaired) electrons. The van der Waals surface area contributed by atoms with Gasteiger partial charge in [0.2, 0.25) is 5.91 Å². The van der Waals surface area contributed by atoms with Gasteiger partial charge in [0.15, 0.2) is 12.6 Å². The highest BCUT2D eigenvalue weighted by atomic mass is 16.7. The Labute approximate surface area is 361 Å². The number of benzene rings is 1. The van der Waals surface area contributed by atoms with Gasteiger partial charge in [0, 0.05) is 50.3 Å². The fourth-order valence-electron chi connectivity index (χ4n) is 9.45. The first-order valence-electron chi connectivity index (χ1n) is 21.7. The van der Waals surface area contributed by atoms with E-state index < -0.39 is 108 Å². The number of hydrogen-bond donors (Lipinski definition) is 6. The van der Waals surface area contributed by atoms with Gasteiger partial charge in [0.1, 0.15) is 29.7 Å². The maximum Gasteiger partial charge on any atom is 0.311 e. The SMILES string of the molecule is COC1(C)CC(O[C@H]2[C@H](C)[C@@H](OC3OC(C)CC(N(C)C)C3O)[C@](C)(O)C[C@@H](C)C(=O)[C@H](C)[C@@H](O)[C@](C)(O)[C@@H](CCNC(=O)Cc3ccccc3)OC(=O)[C@@H]2C)OC(C)C1O. The molecule has 0 aromatic heterocycles. The van der Waals surface area contributed by atoms with Crippen LogP contribution in [0.3, 0.4) is 0 Å². The zero-order valence-electron chi connectivity index (χ0n) is 38.1. The average molecular weight is 867 g/mol. The van der Waals surface area contributed by atoms with E-state index in [1.807, 2.05) is 56.3 Å². The molecule has 1 aromatic carbocycles. The Balaban J connectivity index is 1.78. The van der Waals surface area contributed by atoms with Crippen LogP contribution in [0.1, 0.15) is 93.6 Å². The second-order valence-electron chi connectivity index (χ2n) is 18.9. The number of methoxy groups -OCH3 is 1. The number of carbonyl (C=O) groups excluding carboxylic acids is 3. The Bertz CT molecular complexity index is 1600. The van der Waals surface area contributed by atoms with Gasteiger partial charge in [-0.2, -0.15) is 0 Å². The maximum absolute atomic E-state index is 14.6. The summed E-state index contributed by atoms with van der Waals surface area (Å²) in [6.45, 7) is 14.3. The molecule has 3 saturated heterocycles. The van der Waals surface area contributed by atoms with E-state index in [1.165, 1.54) is 27.9 Å². The first-order chi connectivity index (χ1) is 28.3. The van der Waals surface area contributed by atoms with Crippen LogP contribution in [0.15, 0.2) is 30.3 Å². The minimum Gasteiger partial charge on any atom is -0.459 e. The monoisotopic (exact) mass is 867 g/mol. The molecule has 3 heterocycles. The number of ether oxygens (including phenoxy) is 6. The number of ketones is 1. The van der Waals surface area contributed by atoms with Gasteiger partial charge in [-0.05, 0) is 74.0 Å². The lowest BCUT2D eigenvalue weighted by atomic mass is 9.74. The lowest BCUT2D eigenvalue weighted by Crippen LogP contribution is -2.61. The third-order valence-corrected chi connectivity index (χ3v) is 13.4. The summed E-state index contributed by atoms with van der Waals surface area (Å²) in [6.07, 6.45) is -10.8. The smallest absolute Gasteiger partial charge is 0.311 e. The molecular weight excluding hydrogens is 792 g/mol. The summed E-state index contributed by atoms with van der Waals surface area (Å²) < 4.78 is 37.5. The normalized spacial score (nSPS) is 43.3. The minimum absolute atomic E-state index is 0.0451. The zero-order valence-corrected chi connectivity index (χ0v) is 38.1. The predicted octanol–water partition coefficient (Wildman–Crippen LogP) is 2.12. The molecule has 61 heavy (non-hydrogen) atoms. The van der Waals surface area contributed by atoms with Crippen molar-refractivity contribution >= 4 is 17.7 Å². The molecule has 4 rings (SSSR count). The first kappa shape index (κ1) is 51.0. The van der Waals surface area contributed by atoms with E-state index in [1.54, 1.807) is 34.6 Å². The molecule has 348 valence electrons. The van der Waals surface area contributed by atoms with E-state index >= 15 is 0 Å². The number of hydrogen-bond acceptors (Lipinski definition) is 15. The average Bonchev–Trinajstić information content (AvgIpc) is 3.19. The van der Waals surface area contributed by atoms with Gasteiger partial charge in [-0.15, -0.1) is 0 Å². The number of amides is 1. The Kier molecular flexibility index (Phi) is 17.5. The molecule has 3 aliphatic heterocycles. The van der Waals surface area contributed by atoms with Crippen molar-refractivity contribution in [2.45, 2.75) is 179 Å². The molecule has 0 bridgehead atoms. The Morgan fingerprint density at radius 3 is 2.15 bits per heavy atom. The van der Waals surface area contributed by atoms with Crippen molar-refractivity contribution < 1.29 is 68.3 Å². The van der Waals surface area contributed by atoms with Crippen molar-refractivity contribution in [1.82, 2.24) is 10.2 Å². The number of likely N-dealkylation sites (N-methyl/N-ethyl adjacent to an activating group) is 1. The lowest BCUT2D eigenvalue weighted by Gasteiger charge is -2.49. The lowest BCUT2D eigenvalue weighted by molar-refractivity contribution is -0.318. The van der Waals surface area contributed by atoms with Crippen LogP contribution >= 0.6 is 0 Å². The van der Waals surface area contributed by atoms with Gasteiger partial charge in [-0.1, -0.05) is 51.1 Å².